The highest BCUT2D eigenvalue weighted by Crippen LogP contribution is 2.51. The van der Waals surface area contributed by atoms with Gasteiger partial charge in [0.15, 0.2) is 11.8 Å². The van der Waals surface area contributed by atoms with Gasteiger partial charge < -0.3 is 14.8 Å². The third-order valence-corrected chi connectivity index (χ3v) is 10.4. The summed E-state index contributed by atoms with van der Waals surface area (Å²) in [6.45, 7) is 6.10. The smallest absolute Gasteiger partial charge is 0.339 e. The normalized spacial score (nSPS) is 17.1. The van der Waals surface area contributed by atoms with Crippen molar-refractivity contribution < 1.29 is 33.4 Å². The summed E-state index contributed by atoms with van der Waals surface area (Å²) in [5, 5.41) is 2.64. The number of carbonyl (C=O) groups excluding carboxylic acids is 5. The second kappa shape index (κ2) is 19.4. The minimum atomic E-state index is -1.80. The maximum atomic E-state index is 14.1. The molecular weight excluding hydrogens is 693 g/mol. The van der Waals surface area contributed by atoms with Crippen LogP contribution in [0.1, 0.15) is 120 Å². The monoisotopic (exact) mass is 743 g/mol. The number of hydrogen-bond donors (Lipinski definition) is 1. The number of rotatable bonds is 22. The molecule has 0 radical (unpaired) electrons. The lowest BCUT2D eigenvalue weighted by atomic mass is 9.91. The third-order valence-electron chi connectivity index (χ3n) is 9.78. The molecule has 4 amide bonds. The van der Waals surface area contributed by atoms with Crippen molar-refractivity contribution in [1.82, 2.24) is 9.80 Å². The van der Waals surface area contributed by atoms with Gasteiger partial charge in [0.2, 0.25) is 6.23 Å². The first-order chi connectivity index (χ1) is 24.6. The standard InChI is InChI=1S/C39H51Cl2N3O7/c1-4-7-8-9-10-11-12-13-14-18-23-51-37(48)28-24-31(30(41)25-29(28)40)42-34(46)32(33(45)39(5-2)21-22-39)44-35(47)36(50-6-3)43(38(44)49)26-27-19-16-15-17-20-27/h15-17,19-20,24-25,32,36H,4-14,18,21-23,26H2,1-3H3,(H,42,46). The quantitative estimate of drug-likeness (QED) is 0.0553. The van der Waals surface area contributed by atoms with Gasteiger partial charge in [-0.3, -0.25) is 19.3 Å². The van der Waals surface area contributed by atoms with Gasteiger partial charge >= 0.3 is 12.0 Å². The van der Waals surface area contributed by atoms with Gasteiger partial charge in [-0.1, -0.05) is 125 Å². The first-order valence-electron chi connectivity index (χ1n) is 18.4. The number of nitrogens with zero attached hydrogens (tertiary/aromatic N) is 2. The van der Waals surface area contributed by atoms with Gasteiger partial charge in [-0.05, 0) is 50.3 Å². The number of halogens is 2. The molecule has 4 rings (SSSR count). The van der Waals surface area contributed by atoms with Crippen LogP contribution in [0, 0.1) is 5.41 Å². The number of nitrogens with one attached hydrogen (secondary N) is 1. The number of ketones is 1. The first-order valence-corrected chi connectivity index (χ1v) is 19.1. The molecule has 0 bridgehead atoms. The van der Waals surface area contributed by atoms with E-state index in [4.69, 9.17) is 32.7 Å². The number of imide groups is 1. The minimum absolute atomic E-state index is 0.000563. The SMILES string of the molecule is CCCCCCCCCCCCOC(=O)c1cc(NC(=O)C(C(=O)C2(CC)CC2)N2C(=O)C(OCC)N(Cc3ccccc3)C2=O)c(Cl)cc1Cl. The average molecular weight is 745 g/mol. The topological polar surface area (TPSA) is 122 Å². The number of Topliss-reactive ketones (excluding diaryl/α,β-unsaturated/α-hetero) is 1. The summed E-state index contributed by atoms with van der Waals surface area (Å²) in [5.74, 6) is -2.97. The van der Waals surface area contributed by atoms with Gasteiger partial charge in [-0.25, -0.2) is 14.5 Å². The molecule has 1 saturated carbocycles. The molecule has 2 atom stereocenters. The van der Waals surface area contributed by atoms with E-state index < -0.39 is 47.3 Å². The second-order valence-electron chi connectivity index (χ2n) is 13.4. The molecule has 1 aliphatic carbocycles. The van der Waals surface area contributed by atoms with Crippen LogP contribution in [-0.2, 0) is 30.4 Å². The molecule has 51 heavy (non-hydrogen) atoms. The summed E-state index contributed by atoms with van der Waals surface area (Å²) in [7, 11) is 0. The fourth-order valence-electron chi connectivity index (χ4n) is 6.48. The highest BCUT2D eigenvalue weighted by atomic mass is 35.5. The molecule has 2 aliphatic rings. The molecule has 1 saturated heterocycles. The highest BCUT2D eigenvalue weighted by molar-refractivity contribution is 6.38. The van der Waals surface area contributed by atoms with E-state index in [9.17, 15) is 24.0 Å². The van der Waals surface area contributed by atoms with E-state index in [2.05, 4.69) is 12.2 Å². The molecule has 10 nitrogen and oxygen atoms in total. The summed E-state index contributed by atoms with van der Waals surface area (Å²) >= 11 is 12.8. The highest BCUT2D eigenvalue weighted by Gasteiger charge is 2.59. The molecular formula is C39H51Cl2N3O7. The molecule has 2 aromatic rings. The number of amides is 4. The molecule has 1 N–H and O–H groups in total. The van der Waals surface area contributed by atoms with Crippen LogP contribution < -0.4 is 5.32 Å². The molecule has 2 unspecified atom stereocenters. The zero-order chi connectivity index (χ0) is 37.0. The van der Waals surface area contributed by atoms with Crippen molar-refractivity contribution in [2.24, 2.45) is 5.41 Å². The van der Waals surface area contributed by atoms with Crippen molar-refractivity contribution in [2.75, 3.05) is 18.5 Å². The van der Waals surface area contributed by atoms with Crippen molar-refractivity contribution >= 4 is 58.5 Å². The third kappa shape index (κ3) is 10.3. The van der Waals surface area contributed by atoms with Gasteiger partial charge in [0.05, 0.1) is 34.4 Å². The van der Waals surface area contributed by atoms with Crippen molar-refractivity contribution in [1.29, 1.82) is 0 Å². The Balaban J connectivity index is 1.47. The lowest BCUT2D eigenvalue weighted by Gasteiger charge is -2.27. The van der Waals surface area contributed by atoms with E-state index in [1.807, 2.05) is 13.0 Å². The van der Waals surface area contributed by atoms with Crippen LogP contribution in [0.2, 0.25) is 10.0 Å². The summed E-state index contributed by atoms with van der Waals surface area (Å²) in [5.41, 5.74) is -0.135. The van der Waals surface area contributed by atoms with E-state index in [0.717, 1.165) is 24.8 Å². The zero-order valence-corrected chi connectivity index (χ0v) is 31.5. The number of carbonyl (C=O) groups is 5. The van der Waals surface area contributed by atoms with Gasteiger partial charge in [-0.15, -0.1) is 0 Å². The van der Waals surface area contributed by atoms with Crippen LogP contribution in [0.25, 0.3) is 0 Å². The average Bonchev–Trinajstić information content (AvgIpc) is 3.89. The van der Waals surface area contributed by atoms with Gasteiger partial charge in [-0.2, -0.15) is 0 Å². The van der Waals surface area contributed by atoms with Crippen LogP contribution >= 0.6 is 23.2 Å². The Hall–Kier alpha value is -3.47. The Morgan fingerprint density at radius 2 is 1.51 bits per heavy atom. The summed E-state index contributed by atoms with van der Waals surface area (Å²) in [6, 6.07) is 9.03. The van der Waals surface area contributed by atoms with Crippen LogP contribution in [-0.4, -0.2) is 64.9 Å². The zero-order valence-electron chi connectivity index (χ0n) is 30.0. The molecule has 278 valence electrons. The van der Waals surface area contributed by atoms with Crippen LogP contribution in [0.4, 0.5) is 10.5 Å². The molecule has 0 spiro atoms. The lowest BCUT2D eigenvalue weighted by molar-refractivity contribution is -0.149. The number of hydrogen-bond acceptors (Lipinski definition) is 7. The number of urea groups is 1. The number of ether oxygens (including phenoxy) is 2. The summed E-state index contributed by atoms with van der Waals surface area (Å²) in [6.07, 6.45) is 11.6. The number of unbranched alkanes of at least 4 members (excludes halogenated alkanes) is 9. The lowest BCUT2D eigenvalue weighted by Crippen LogP contribution is -2.54. The van der Waals surface area contributed by atoms with Crippen LogP contribution in [0.3, 0.4) is 0 Å². The maximum absolute atomic E-state index is 14.1. The molecule has 2 aromatic carbocycles. The van der Waals surface area contributed by atoms with Gasteiger partial charge in [0.25, 0.3) is 11.8 Å². The molecule has 2 fully saturated rings. The Morgan fingerprint density at radius 1 is 0.882 bits per heavy atom. The fraction of sp³-hybridized carbons (Fsp3) is 0.564. The summed E-state index contributed by atoms with van der Waals surface area (Å²) in [4.78, 5) is 71.0. The second-order valence-corrected chi connectivity index (χ2v) is 14.2. The Kier molecular flexibility index (Phi) is 15.3. The van der Waals surface area contributed by atoms with E-state index >= 15 is 0 Å². The van der Waals surface area contributed by atoms with Crippen molar-refractivity contribution in [2.45, 2.75) is 123 Å². The number of esters is 1. The predicted molar refractivity (Wildman–Crippen MR) is 198 cm³/mol. The molecule has 0 aromatic heterocycles. The van der Waals surface area contributed by atoms with Gasteiger partial charge in [0.1, 0.15) is 0 Å². The molecule has 1 aliphatic heterocycles. The molecule has 1 heterocycles. The Bertz CT molecular complexity index is 1530. The van der Waals surface area contributed by atoms with Crippen molar-refractivity contribution in [3.8, 4) is 0 Å². The maximum Gasteiger partial charge on any atom is 0.339 e. The largest absolute Gasteiger partial charge is 0.462 e. The van der Waals surface area contributed by atoms with E-state index in [-0.39, 0.29) is 41.1 Å². The van der Waals surface area contributed by atoms with E-state index in [1.54, 1.807) is 31.2 Å². The number of benzene rings is 2. The Morgan fingerprint density at radius 3 is 2.10 bits per heavy atom. The minimum Gasteiger partial charge on any atom is -0.462 e. The number of anilines is 1. The van der Waals surface area contributed by atoms with Crippen molar-refractivity contribution in [3.63, 3.8) is 0 Å². The van der Waals surface area contributed by atoms with Crippen LogP contribution in [0.5, 0.6) is 0 Å². The van der Waals surface area contributed by atoms with Gasteiger partial charge in [0, 0.05) is 12.0 Å². The van der Waals surface area contributed by atoms with E-state index in [0.29, 0.717) is 30.6 Å². The van der Waals surface area contributed by atoms with E-state index in [1.165, 1.54) is 55.6 Å². The molecule has 12 heteroatoms. The first kappa shape index (κ1) is 40.3. The van der Waals surface area contributed by atoms with Crippen molar-refractivity contribution in [3.05, 3.63) is 63.6 Å². The fourth-order valence-corrected chi connectivity index (χ4v) is 6.98. The van der Waals surface area contributed by atoms with Crippen LogP contribution in [0.15, 0.2) is 42.5 Å². The Labute approximate surface area is 311 Å². The predicted octanol–water partition coefficient (Wildman–Crippen LogP) is 8.96. The summed E-state index contributed by atoms with van der Waals surface area (Å²) < 4.78 is 11.2.